The summed E-state index contributed by atoms with van der Waals surface area (Å²) in [4.78, 5) is 0. The summed E-state index contributed by atoms with van der Waals surface area (Å²) in [5.74, 6) is 0. The van der Waals surface area contributed by atoms with Crippen LogP contribution < -0.4 is 5.32 Å². The average molecular weight is 249 g/mol. The SMILES string of the molecule is CCCNCCOCCc1ccc(CCC)cc1. The molecule has 0 saturated heterocycles. The molecule has 0 aliphatic rings. The number of benzene rings is 1. The Balaban J connectivity index is 2.08. The van der Waals surface area contributed by atoms with Crippen molar-refractivity contribution in [3.05, 3.63) is 35.4 Å². The average Bonchev–Trinajstić information content (AvgIpc) is 2.40. The highest BCUT2D eigenvalue weighted by Gasteiger charge is 1.95. The molecule has 0 amide bonds. The van der Waals surface area contributed by atoms with Gasteiger partial charge in [0, 0.05) is 6.54 Å². The molecule has 0 atom stereocenters. The van der Waals surface area contributed by atoms with Gasteiger partial charge in [0.15, 0.2) is 0 Å². The van der Waals surface area contributed by atoms with Gasteiger partial charge in [-0.1, -0.05) is 44.5 Å². The van der Waals surface area contributed by atoms with Crippen LogP contribution in [0.2, 0.25) is 0 Å². The van der Waals surface area contributed by atoms with Gasteiger partial charge in [-0.3, -0.25) is 0 Å². The Hall–Kier alpha value is -0.860. The van der Waals surface area contributed by atoms with Crippen LogP contribution in [0.25, 0.3) is 0 Å². The van der Waals surface area contributed by atoms with Crippen molar-refractivity contribution < 1.29 is 4.74 Å². The predicted octanol–water partition coefficient (Wildman–Crippen LogP) is 3.20. The van der Waals surface area contributed by atoms with E-state index in [1.807, 2.05) is 0 Å². The Morgan fingerprint density at radius 2 is 1.50 bits per heavy atom. The molecule has 1 N–H and O–H groups in total. The Kier molecular flexibility index (Phi) is 8.53. The van der Waals surface area contributed by atoms with Crippen molar-refractivity contribution in [1.82, 2.24) is 5.32 Å². The highest BCUT2D eigenvalue weighted by molar-refractivity contribution is 5.22. The van der Waals surface area contributed by atoms with E-state index in [0.29, 0.717) is 0 Å². The van der Waals surface area contributed by atoms with E-state index in [2.05, 4.69) is 43.4 Å². The first kappa shape index (κ1) is 15.2. The minimum absolute atomic E-state index is 0.813. The zero-order valence-corrected chi connectivity index (χ0v) is 11.9. The molecule has 1 aromatic carbocycles. The highest BCUT2D eigenvalue weighted by Crippen LogP contribution is 2.07. The molecule has 0 unspecified atom stereocenters. The molecular weight excluding hydrogens is 222 g/mol. The summed E-state index contributed by atoms with van der Waals surface area (Å²) >= 11 is 0. The lowest BCUT2D eigenvalue weighted by atomic mass is 10.1. The van der Waals surface area contributed by atoms with Gasteiger partial charge in [0.1, 0.15) is 0 Å². The molecular formula is C16H27NO. The summed E-state index contributed by atoms with van der Waals surface area (Å²) in [7, 11) is 0. The lowest BCUT2D eigenvalue weighted by Gasteiger charge is -2.06. The summed E-state index contributed by atoms with van der Waals surface area (Å²) in [5.41, 5.74) is 2.81. The van der Waals surface area contributed by atoms with Crippen LogP contribution >= 0.6 is 0 Å². The Labute approximate surface area is 112 Å². The van der Waals surface area contributed by atoms with Gasteiger partial charge < -0.3 is 10.1 Å². The first-order valence-electron chi connectivity index (χ1n) is 7.23. The second-order valence-electron chi connectivity index (χ2n) is 4.68. The number of rotatable bonds is 10. The molecule has 2 nitrogen and oxygen atoms in total. The number of nitrogens with one attached hydrogen (secondary N) is 1. The third-order valence-electron chi connectivity index (χ3n) is 2.95. The van der Waals surface area contributed by atoms with Gasteiger partial charge in [-0.05, 0) is 36.9 Å². The fraction of sp³-hybridized carbons (Fsp3) is 0.625. The third-order valence-corrected chi connectivity index (χ3v) is 2.95. The van der Waals surface area contributed by atoms with Crippen LogP contribution in [0, 0.1) is 0 Å². The van der Waals surface area contributed by atoms with Crippen molar-refractivity contribution in [1.29, 1.82) is 0 Å². The van der Waals surface area contributed by atoms with Gasteiger partial charge in [0.05, 0.1) is 13.2 Å². The van der Waals surface area contributed by atoms with Gasteiger partial charge in [-0.15, -0.1) is 0 Å². The van der Waals surface area contributed by atoms with Crippen LogP contribution in [-0.4, -0.2) is 26.3 Å². The normalized spacial score (nSPS) is 10.8. The van der Waals surface area contributed by atoms with Crippen molar-refractivity contribution in [3.8, 4) is 0 Å². The molecule has 0 aromatic heterocycles. The van der Waals surface area contributed by atoms with E-state index in [1.165, 1.54) is 30.4 Å². The Morgan fingerprint density at radius 3 is 2.11 bits per heavy atom. The van der Waals surface area contributed by atoms with Crippen LogP contribution in [0.3, 0.4) is 0 Å². The van der Waals surface area contributed by atoms with Crippen LogP contribution in [0.1, 0.15) is 37.8 Å². The van der Waals surface area contributed by atoms with Crippen LogP contribution in [0.4, 0.5) is 0 Å². The molecule has 1 rings (SSSR count). The highest BCUT2D eigenvalue weighted by atomic mass is 16.5. The fourth-order valence-corrected chi connectivity index (χ4v) is 1.90. The van der Waals surface area contributed by atoms with Crippen molar-refractivity contribution in [3.63, 3.8) is 0 Å². The maximum atomic E-state index is 5.60. The number of hydrogen-bond donors (Lipinski definition) is 1. The molecule has 0 radical (unpaired) electrons. The van der Waals surface area contributed by atoms with E-state index in [-0.39, 0.29) is 0 Å². The fourth-order valence-electron chi connectivity index (χ4n) is 1.90. The van der Waals surface area contributed by atoms with Crippen LogP contribution in [0.5, 0.6) is 0 Å². The molecule has 1 aromatic rings. The van der Waals surface area contributed by atoms with Gasteiger partial charge >= 0.3 is 0 Å². The molecule has 0 bridgehead atoms. The summed E-state index contributed by atoms with van der Waals surface area (Å²) in [6, 6.07) is 8.93. The van der Waals surface area contributed by atoms with Crippen LogP contribution in [0.15, 0.2) is 24.3 Å². The maximum Gasteiger partial charge on any atom is 0.0591 e. The number of hydrogen-bond acceptors (Lipinski definition) is 2. The van der Waals surface area contributed by atoms with E-state index in [0.717, 1.165) is 32.7 Å². The predicted molar refractivity (Wildman–Crippen MR) is 78.1 cm³/mol. The van der Waals surface area contributed by atoms with Crippen molar-refractivity contribution in [2.75, 3.05) is 26.3 Å². The van der Waals surface area contributed by atoms with Gasteiger partial charge in [0.25, 0.3) is 0 Å². The second kappa shape index (κ2) is 10.1. The number of aryl methyl sites for hydroxylation is 1. The summed E-state index contributed by atoms with van der Waals surface area (Å²) in [5, 5.41) is 3.33. The molecule has 0 fully saturated rings. The molecule has 0 spiro atoms. The molecule has 2 heteroatoms. The lowest BCUT2D eigenvalue weighted by Crippen LogP contribution is -2.20. The standard InChI is InChI=1S/C16H27NO/c1-3-5-15-6-8-16(9-7-15)10-13-18-14-12-17-11-4-2/h6-9,17H,3-5,10-14H2,1-2H3. The third kappa shape index (κ3) is 6.77. The summed E-state index contributed by atoms with van der Waals surface area (Å²) < 4.78 is 5.60. The Morgan fingerprint density at radius 1 is 0.833 bits per heavy atom. The summed E-state index contributed by atoms with van der Waals surface area (Å²) in [6.07, 6.45) is 4.59. The van der Waals surface area contributed by atoms with E-state index in [9.17, 15) is 0 Å². The largest absolute Gasteiger partial charge is 0.380 e. The van der Waals surface area contributed by atoms with Crippen LogP contribution in [-0.2, 0) is 17.6 Å². The van der Waals surface area contributed by atoms with Gasteiger partial charge in [-0.2, -0.15) is 0 Å². The zero-order valence-electron chi connectivity index (χ0n) is 11.9. The monoisotopic (exact) mass is 249 g/mol. The lowest BCUT2D eigenvalue weighted by molar-refractivity contribution is 0.139. The Bertz CT molecular complexity index is 294. The number of ether oxygens (including phenoxy) is 1. The zero-order chi connectivity index (χ0) is 13.1. The van der Waals surface area contributed by atoms with E-state index in [1.54, 1.807) is 0 Å². The molecule has 18 heavy (non-hydrogen) atoms. The minimum Gasteiger partial charge on any atom is -0.380 e. The van der Waals surface area contributed by atoms with Crippen molar-refractivity contribution in [2.45, 2.75) is 39.5 Å². The molecule has 102 valence electrons. The molecule has 0 aliphatic carbocycles. The van der Waals surface area contributed by atoms with E-state index < -0.39 is 0 Å². The first-order valence-corrected chi connectivity index (χ1v) is 7.23. The topological polar surface area (TPSA) is 21.3 Å². The smallest absolute Gasteiger partial charge is 0.0591 e. The molecule has 0 saturated carbocycles. The maximum absolute atomic E-state index is 5.60. The van der Waals surface area contributed by atoms with Gasteiger partial charge in [-0.25, -0.2) is 0 Å². The summed E-state index contributed by atoms with van der Waals surface area (Å²) in [6.45, 7) is 8.07. The second-order valence-corrected chi connectivity index (χ2v) is 4.68. The van der Waals surface area contributed by atoms with E-state index >= 15 is 0 Å². The van der Waals surface area contributed by atoms with Gasteiger partial charge in [0.2, 0.25) is 0 Å². The van der Waals surface area contributed by atoms with E-state index in [4.69, 9.17) is 4.74 Å². The first-order chi connectivity index (χ1) is 8.86. The van der Waals surface area contributed by atoms with Crippen molar-refractivity contribution >= 4 is 0 Å². The quantitative estimate of drug-likeness (QED) is 0.643. The molecule has 0 aliphatic heterocycles. The minimum atomic E-state index is 0.813. The molecule has 0 heterocycles. The van der Waals surface area contributed by atoms with Crippen molar-refractivity contribution in [2.24, 2.45) is 0 Å².